The molecule has 1 fully saturated rings. The third kappa shape index (κ3) is 3.97. The molecule has 0 aliphatic carbocycles. The summed E-state index contributed by atoms with van der Waals surface area (Å²) in [6.45, 7) is 0.593. The van der Waals surface area contributed by atoms with Crippen LogP contribution in [-0.2, 0) is 29.6 Å². The van der Waals surface area contributed by atoms with Crippen molar-refractivity contribution >= 4 is 11.8 Å². The summed E-state index contributed by atoms with van der Waals surface area (Å²) < 4.78 is 14.6. The number of H-pyrrole nitrogens is 1. The van der Waals surface area contributed by atoms with Gasteiger partial charge in [-0.3, -0.25) is 19.0 Å². The summed E-state index contributed by atoms with van der Waals surface area (Å²) in [5.41, 5.74) is -0.532. The van der Waals surface area contributed by atoms with Gasteiger partial charge in [-0.25, -0.2) is 9.18 Å². The van der Waals surface area contributed by atoms with Gasteiger partial charge in [0, 0.05) is 44.0 Å². The van der Waals surface area contributed by atoms with E-state index in [4.69, 9.17) is 0 Å². The largest absolute Gasteiger partial charge is 0.335 e. The summed E-state index contributed by atoms with van der Waals surface area (Å²) in [6.07, 6.45) is 1.02. The second-order valence-electron chi connectivity index (χ2n) is 6.38. The van der Waals surface area contributed by atoms with Crippen molar-refractivity contribution in [1.29, 1.82) is 0 Å². The van der Waals surface area contributed by atoms with Crippen molar-refractivity contribution in [1.82, 2.24) is 19.4 Å². The molecule has 1 saturated heterocycles. The lowest BCUT2D eigenvalue weighted by Gasteiger charge is -2.34. The highest BCUT2D eigenvalue weighted by atomic mass is 19.1. The summed E-state index contributed by atoms with van der Waals surface area (Å²) in [7, 11) is 1.32. The number of nitrogens with zero attached hydrogens (tertiary/aromatic N) is 3. The Bertz CT molecular complexity index is 997. The number of halogens is 1. The van der Waals surface area contributed by atoms with Gasteiger partial charge < -0.3 is 14.8 Å². The van der Waals surface area contributed by atoms with Gasteiger partial charge in [0.15, 0.2) is 0 Å². The lowest BCUT2D eigenvalue weighted by atomic mass is 10.1. The Morgan fingerprint density at radius 3 is 2.59 bits per heavy atom. The first-order valence-electron chi connectivity index (χ1n) is 8.43. The fourth-order valence-electron chi connectivity index (χ4n) is 2.94. The topological polar surface area (TPSA) is 95.5 Å². The number of aromatic amines is 1. The Morgan fingerprint density at radius 2 is 1.89 bits per heavy atom. The van der Waals surface area contributed by atoms with Gasteiger partial charge in [0.2, 0.25) is 11.8 Å². The van der Waals surface area contributed by atoms with E-state index in [1.165, 1.54) is 29.1 Å². The van der Waals surface area contributed by atoms with E-state index in [1.54, 1.807) is 18.2 Å². The SMILES string of the molecule is Cn1c(=O)[nH]cc(CC(=O)N2CCN(Cc3ccccc3F)C(=O)C2)c1=O. The highest BCUT2D eigenvalue weighted by Gasteiger charge is 2.28. The van der Waals surface area contributed by atoms with Crippen molar-refractivity contribution in [3.05, 3.63) is 68.2 Å². The Balaban J connectivity index is 1.64. The van der Waals surface area contributed by atoms with E-state index >= 15 is 0 Å². The molecule has 0 radical (unpaired) electrons. The molecular formula is C18H19FN4O4. The lowest BCUT2D eigenvalue weighted by molar-refractivity contribution is -0.145. The molecule has 1 aromatic heterocycles. The van der Waals surface area contributed by atoms with Crippen molar-refractivity contribution < 1.29 is 14.0 Å². The predicted molar refractivity (Wildman–Crippen MR) is 94.4 cm³/mol. The van der Waals surface area contributed by atoms with Crippen molar-refractivity contribution in [3.8, 4) is 0 Å². The standard InChI is InChI=1S/C18H19FN4O4/c1-21-17(26)13(9-20-18(21)27)8-15(24)23-7-6-22(16(25)11-23)10-12-4-2-3-5-14(12)19/h2-5,9H,6-8,10-11H2,1H3,(H,20,27). The van der Waals surface area contributed by atoms with Gasteiger partial charge in [0.05, 0.1) is 13.0 Å². The molecule has 142 valence electrons. The molecule has 8 nitrogen and oxygen atoms in total. The number of aromatic nitrogens is 2. The van der Waals surface area contributed by atoms with Crippen molar-refractivity contribution in [2.24, 2.45) is 7.05 Å². The van der Waals surface area contributed by atoms with Gasteiger partial charge in [-0.05, 0) is 6.07 Å². The first-order chi connectivity index (χ1) is 12.9. The third-order valence-corrected chi connectivity index (χ3v) is 4.59. The van der Waals surface area contributed by atoms with Crippen LogP contribution in [0.4, 0.5) is 4.39 Å². The molecule has 1 aliphatic rings. The number of hydrogen-bond acceptors (Lipinski definition) is 4. The highest BCUT2D eigenvalue weighted by molar-refractivity contribution is 5.86. The van der Waals surface area contributed by atoms with Crippen LogP contribution >= 0.6 is 0 Å². The summed E-state index contributed by atoms with van der Waals surface area (Å²) in [4.78, 5) is 53.4. The van der Waals surface area contributed by atoms with E-state index in [-0.39, 0.29) is 49.3 Å². The monoisotopic (exact) mass is 374 g/mol. The van der Waals surface area contributed by atoms with Crippen LogP contribution in [0.3, 0.4) is 0 Å². The summed E-state index contributed by atoms with van der Waals surface area (Å²) in [5, 5.41) is 0. The number of carbonyl (C=O) groups excluding carboxylic acids is 2. The number of amides is 2. The van der Waals surface area contributed by atoms with Crippen molar-refractivity contribution in [2.75, 3.05) is 19.6 Å². The normalized spacial score (nSPS) is 14.5. The molecule has 2 heterocycles. The third-order valence-electron chi connectivity index (χ3n) is 4.59. The molecule has 27 heavy (non-hydrogen) atoms. The molecule has 0 bridgehead atoms. The summed E-state index contributed by atoms with van der Waals surface area (Å²) >= 11 is 0. The first-order valence-corrected chi connectivity index (χ1v) is 8.43. The lowest BCUT2D eigenvalue weighted by Crippen LogP contribution is -2.52. The molecule has 9 heteroatoms. The average molecular weight is 374 g/mol. The van der Waals surface area contributed by atoms with Crippen LogP contribution in [0, 0.1) is 5.82 Å². The molecule has 1 N–H and O–H groups in total. The van der Waals surface area contributed by atoms with E-state index < -0.39 is 11.2 Å². The molecule has 1 aromatic carbocycles. The second kappa shape index (κ2) is 7.56. The Kier molecular flexibility index (Phi) is 5.20. The molecule has 0 unspecified atom stereocenters. The zero-order chi connectivity index (χ0) is 19.6. The molecule has 2 amide bonds. The van der Waals surface area contributed by atoms with E-state index in [9.17, 15) is 23.6 Å². The zero-order valence-electron chi connectivity index (χ0n) is 14.8. The first kappa shape index (κ1) is 18.6. The number of piperazine rings is 1. The molecule has 0 atom stereocenters. The number of benzene rings is 1. The van der Waals surface area contributed by atoms with Gasteiger partial charge in [-0.15, -0.1) is 0 Å². The minimum absolute atomic E-state index is 0.128. The van der Waals surface area contributed by atoms with Gasteiger partial charge in [0.1, 0.15) is 5.82 Å². The van der Waals surface area contributed by atoms with Crippen LogP contribution in [0.1, 0.15) is 11.1 Å². The second-order valence-corrected chi connectivity index (χ2v) is 6.38. The number of rotatable bonds is 4. The maximum Gasteiger partial charge on any atom is 0.328 e. The van der Waals surface area contributed by atoms with Crippen LogP contribution in [-0.4, -0.2) is 50.8 Å². The van der Waals surface area contributed by atoms with Gasteiger partial charge in [-0.2, -0.15) is 0 Å². The molecule has 3 rings (SSSR count). The van der Waals surface area contributed by atoms with E-state index in [2.05, 4.69) is 4.98 Å². The number of carbonyl (C=O) groups is 2. The average Bonchev–Trinajstić information content (AvgIpc) is 2.65. The Morgan fingerprint density at radius 1 is 1.15 bits per heavy atom. The molecule has 2 aromatic rings. The van der Waals surface area contributed by atoms with Crippen molar-refractivity contribution in [2.45, 2.75) is 13.0 Å². The quantitative estimate of drug-likeness (QED) is 0.790. The predicted octanol–water partition coefficient (Wildman–Crippen LogP) is -0.374. The smallest absolute Gasteiger partial charge is 0.328 e. The van der Waals surface area contributed by atoms with Gasteiger partial charge in [-0.1, -0.05) is 18.2 Å². The van der Waals surface area contributed by atoms with E-state index in [0.29, 0.717) is 12.1 Å². The van der Waals surface area contributed by atoms with Crippen molar-refractivity contribution in [3.63, 3.8) is 0 Å². The zero-order valence-corrected chi connectivity index (χ0v) is 14.8. The fraction of sp³-hybridized carbons (Fsp3) is 0.333. The number of nitrogens with one attached hydrogen (secondary N) is 1. The minimum atomic E-state index is -0.562. The molecule has 0 spiro atoms. The van der Waals surface area contributed by atoms with Crippen LogP contribution in [0.2, 0.25) is 0 Å². The molecular weight excluding hydrogens is 355 g/mol. The van der Waals surface area contributed by atoms with Crippen LogP contribution in [0.15, 0.2) is 40.1 Å². The van der Waals surface area contributed by atoms with Gasteiger partial charge in [0.25, 0.3) is 5.56 Å². The Hall–Kier alpha value is -3.23. The van der Waals surface area contributed by atoms with Crippen LogP contribution in [0.25, 0.3) is 0 Å². The fourth-order valence-corrected chi connectivity index (χ4v) is 2.94. The van der Waals surface area contributed by atoms with E-state index in [1.807, 2.05) is 0 Å². The molecule has 1 aliphatic heterocycles. The number of hydrogen-bond donors (Lipinski definition) is 1. The van der Waals surface area contributed by atoms with E-state index in [0.717, 1.165) is 4.57 Å². The maximum absolute atomic E-state index is 13.8. The van der Waals surface area contributed by atoms with Crippen LogP contribution in [0.5, 0.6) is 0 Å². The highest BCUT2D eigenvalue weighted by Crippen LogP contribution is 2.13. The van der Waals surface area contributed by atoms with Crippen LogP contribution < -0.4 is 11.2 Å². The maximum atomic E-state index is 13.8. The summed E-state index contributed by atoms with van der Waals surface area (Å²) in [5.74, 6) is -1.04. The minimum Gasteiger partial charge on any atom is -0.335 e. The Labute approximate surface area is 153 Å². The molecule has 0 saturated carbocycles. The van der Waals surface area contributed by atoms with Gasteiger partial charge >= 0.3 is 5.69 Å². The summed E-state index contributed by atoms with van der Waals surface area (Å²) in [6, 6.07) is 6.24.